The second-order valence-electron chi connectivity index (χ2n) is 5.46. The van der Waals surface area contributed by atoms with Crippen molar-refractivity contribution in [2.75, 3.05) is 5.43 Å². The third kappa shape index (κ3) is 3.85. The molecule has 0 radical (unpaired) electrons. The van der Waals surface area contributed by atoms with Gasteiger partial charge in [-0.15, -0.1) is 0 Å². The third-order valence-electron chi connectivity index (χ3n) is 3.67. The molecule has 3 rings (SSSR count). The fourth-order valence-corrected chi connectivity index (χ4v) is 2.93. The van der Waals surface area contributed by atoms with Gasteiger partial charge in [0.05, 0.1) is 16.0 Å². The second-order valence-corrected chi connectivity index (χ2v) is 7.02. The summed E-state index contributed by atoms with van der Waals surface area (Å²) in [6.07, 6.45) is 1.52. The third-order valence-corrected chi connectivity index (χ3v) is 4.58. The van der Waals surface area contributed by atoms with Crippen LogP contribution >= 0.6 is 0 Å². The van der Waals surface area contributed by atoms with E-state index in [-0.39, 0.29) is 10.6 Å². The van der Waals surface area contributed by atoms with E-state index >= 15 is 0 Å². The molecule has 0 atom stereocenters. The molecule has 3 N–H and O–H groups in total. The summed E-state index contributed by atoms with van der Waals surface area (Å²) in [5.41, 5.74) is 2.98. The zero-order valence-electron chi connectivity index (χ0n) is 13.4. The maximum atomic E-state index is 11.3. The molecule has 0 aromatic heterocycles. The molecular formula is C17H14N4O4S. The number of nitro groups is 1. The standard InChI is InChI=1S/C17H14N4O4S/c18-26(24,25)15-7-8-16(17(10-15)21(22)23)20-19-11-12-5-6-13-3-1-2-4-14(13)9-12/h1-11,20H,(H2,18,24,25)/b19-11+. The molecule has 0 saturated carbocycles. The quantitative estimate of drug-likeness (QED) is 0.405. The molecule has 0 aliphatic carbocycles. The minimum atomic E-state index is -4.03. The monoisotopic (exact) mass is 370 g/mol. The van der Waals surface area contributed by atoms with Crippen LogP contribution in [0.25, 0.3) is 10.8 Å². The van der Waals surface area contributed by atoms with Crippen molar-refractivity contribution >= 4 is 38.4 Å². The van der Waals surface area contributed by atoms with Crippen molar-refractivity contribution in [3.8, 4) is 0 Å². The van der Waals surface area contributed by atoms with Crippen molar-refractivity contribution in [1.82, 2.24) is 0 Å². The zero-order valence-corrected chi connectivity index (χ0v) is 14.2. The van der Waals surface area contributed by atoms with Crippen LogP contribution in [0.5, 0.6) is 0 Å². The Balaban J connectivity index is 1.86. The van der Waals surface area contributed by atoms with Crippen LogP contribution in [0.1, 0.15) is 5.56 Å². The van der Waals surface area contributed by atoms with E-state index in [2.05, 4.69) is 10.5 Å². The van der Waals surface area contributed by atoms with Gasteiger partial charge in [0.2, 0.25) is 10.0 Å². The second kappa shape index (κ2) is 6.90. The lowest BCUT2D eigenvalue weighted by atomic mass is 10.1. The van der Waals surface area contributed by atoms with Crippen LogP contribution in [-0.4, -0.2) is 19.6 Å². The summed E-state index contributed by atoms with van der Waals surface area (Å²) in [4.78, 5) is 10.1. The van der Waals surface area contributed by atoms with E-state index in [1.807, 2.05) is 42.5 Å². The summed E-state index contributed by atoms with van der Waals surface area (Å²) in [5.74, 6) is 0. The fraction of sp³-hybridized carbons (Fsp3) is 0. The first-order valence-electron chi connectivity index (χ1n) is 7.44. The molecular weight excluding hydrogens is 356 g/mol. The lowest BCUT2D eigenvalue weighted by Gasteiger charge is -2.04. The average molecular weight is 370 g/mol. The van der Waals surface area contributed by atoms with Crippen LogP contribution in [0.2, 0.25) is 0 Å². The van der Waals surface area contributed by atoms with Gasteiger partial charge in [0.1, 0.15) is 5.69 Å². The Labute approximate surface area is 149 Å². The molecule has 3 aromatic carbocycles. The van der Waals surface area contributed by atoms with E-state index in [9.17, 15) is 18.5 Å². The van der Waals surface area contributed by atoms with Crippen molar-refractivity contribution < 1.29 is 13.3 Å². The highest BCUT2D eigenvalue weighted by molar-refractivity contribution is 7.89. The Kier molecular flexibility index (Phi) is 4.65. The molecule has 3 aromatic rings. The first-order valence-corrected chi connectivity index (χ1v) is 8.98. The van der Waals surface area contributed by atoms with Gasteiger partial charge in [0.15, 0.2) is 0 Å². The predicted octanol–water partition coefficient (Wildman–Crippen LogP) is 2.84. The van der Waals surface area contributed by atoms with Crippen molar-refractivity contribution in [2.24, 2.45) is 10.2 Å². The number of nitrogens with one attached hydrogen (secondary N) is 1. The number of benzene rings is 3. The van der Waals surface area contributed by atoms with E-state index < -0.39 is 20.6 Å². The van der Waals surface area contributed by atoms with E-state index in [0.717, 1.165) is 22.4 Å². The highest BCUT2D eigenvalue weighted by Gasteiger charge is 2.18. The van der Waals surface area contributed by atoms with Crippen LogP contribution in [0.15, 0.2) is 70.7 Å². The van der Waals surface area contributed by atoms with Crippen molar-refractivity contribution in [2.45, 2.75) is 4.90 Å². The molecule has 26 heavy (non-hydrogen) atoms. The molecule has 0 aliphatic heterocycles. The first-order chi connectivity index (χ1) is 12.3. The molecule has 0 heterocycles. The molecule has 0 spiro atoms. The summed E-state index contributed by atoms with van der Waals surface area (Å²) >= 11 is 0. The largest absolute Gasteiger partial charge is 0.295 e. The van der Waals surface area contributed by atoms with Crippen molar-refractivity contribution in [3.05, 3.63) is 76.3 Å². The summed E-state index contributed by atoms with van der Waals surface area (Å²) in [6.45, 7) is 0. The van der Waals surface area contributed by atoms with E-state index in [4.69, 9.17) is 5.14 Å². The highest BCUT2D eigenvalue weighted by Crippen LogP contribution is 2.27. The molecule has 132 valence electrons. The molecule has 0 fully saturated rings. The van der Waals surface area contributed by atoms with Crippen LogP contribution in [0, 0.1) is 10.1 Å². The number of nitrogens with two attached hydrogens (primary N) is 1. The Morgan fingerprint density at radius 2 is 1.77 bits per heavy atom. The fourth-order valence-electron chi connectivity index (χ4n) is 2.40. The normalized spacial score (nSPS) is 11.7. The van der Waals surface area contributed by atoms with Gasteiger partial charge in [-0.2, -0.15) is 5.10 Å². The molecule has 0 saturated heterocycles. The highest BCUT2D eigenvalue weighted by atomic mass is 32.2. The van der Waals surface area contributed by atoms with Gasteiger partial charge in [-0.1, -0.05) is 36.4 Å². The first kappa shape index (κ1) is 17.5. The number of rotatable bonds is 5. The zero-order chi connectivity index (χ0) is 18.7. The molecule has 0 amide bonds. The summed E-state index contributed by atoms with van der Waals surface area (Å²) in [5, 5.41) is 22.3. The van der Waals surface area contributed by atoms with E-state index in [1.165, 1.54) is 18.3 Å². The maximum Gasteiger partial charge on any atom is 0.295 e. The van der Waals surface area contributed by atoms with Gasteiger partial charge in [-0.3, -0.25) is 15.5 Å². The smallest absolute Gasteiger partial charge is 0.272 e. The number of nitrogens with zero attached hydrogens (tertiary/aromatic N) is 2. The summed E-state index contributed by atoms with van der Waals surface area (Å²) < 4.78 is 22.7. The van der Waals surface area contributed by atoms with Gasteiger partial charge in [0.25, 0.3) is 5.69 Å². The van der Waals surface area contributed by atoms with Crippen molar-refractivity contribution in [3.63, 3.8) is 0 Å². The van der Waals surface area contributed by atoms with Gasteiger partial charge >= 0.3 is 0 Å². The van der Waals surface area contributed by atoms with Crippen molar-refractivity contribution in [1.29, 1.82) is 0 Å². The van der Waals surface area contributed by atoms with E-state index in [1.54, 1.807) is 0 Å². The summed E-state index contributed by atoms with van der Waals surface area (Å²) in [7, 11) is -4.03. The molecule has 0 unspecified atom stereocenters. The number of hydrogen-bond acceptors (Lipinski definition) is 6. The van der Waals surface area contributed by atoms with Crippen LogP contribution in [0.3, 0.4) is 0 Å². The topological polar surface area (TPSA) is 128 Å². The Morgan fingerprint density at radius 1 is 1.04 bits per heavy atom. The number of hydrogen-bond donors (Lipinski definition) is 2. The number of sulfonamides is 1. The lowest BCUT2D eigenvalue weighted by molar-refractivity contribution is -0.384. The van der Waals surface area contributed by atoms with E-state index in [0.29, 0.717) is 0 Å². The molecule has 8 nitrogen and oxygen atoms in total. The minimum Gasteiger partial charge on any atom is -0.272 e. The Morgan fingerprint density at radius 3 is 2.46 bits per heavy atom. The Hall–Kier alpha value is -3.30. The summed E-state index contributed by atoms with van der Waals surface area (Å²) in [6, 6.07) is 16.9. The minimum absolute atomic E-state index is 0.0550. The average Bonchev–Trinajstić information content (AvgIpc) is 2.60. The maximum absolute atomic E-state index is 11.3. The predicted molar refractivity (Wildman–Crippen MR) is 99.6 cm³/mol. The number of nitro benzene ring substituents is 1. The van der Waals surface area contributed by atoms with Crippen LogP contribution in [0.4, 0.5) is 11.4 Å². The lowest BCUT2D eigenvalue weighted by Crippen LogP contribution is -2.12. The van der Waals surface area contributed by atoms with Gasteiger partial charge in [0, 0.05) is 6.07 Å². The van der Waals surface area contributed by atoms with Gasteiger partial charge < -0.3 is 0 Å². The van der Waals surface area contributed by atoms with Crippen LogP contribution in [-0.2, 0) is 10.0 Å². The van der Waals surface area contributed by atoms with Gasteiger partial charge in [-0.25, -0.2) is 13.6 Å². The molecule has 9 heteroatoms. The molecule has 0 bridgehead atoms. The number of fused-ring (bicyclic) bond motifs is 1. The van der Waals surface area contributed by atoms with Crippen LogP contribution < -0.4 is 10.6 Å². The molecule has 0 aliphatic rings. The van der Waals surface area contributed by atoms with Gasteiger partial charge in [-0.05, 0) is 34.5 Å². The number of anilines is 1. The number of hydrazone groups is 1. The SMILES string of the molecule is NS(=O)(=O)c1ccc(N/N=C/c2ccc3ccccc3c2)c([N+](=O)[O-])c1. The number of primary sulfonamides is 1. The Bertz CT molecular complexity index is 1130.